The van der Waals surface area contributed by atoms with Gasteiger partial charge in [0.15, 0.2) is 0 Å². The Balaban J connectivity index is 3.40. The Morgan fingerprint density at radius 2 is 2.05 bits per heavy atom. The molecule has 0 aliphatic carbocycles. The van der Waals surface area contributed by atoms with Gasteiger partial charge in [0.25, 0.3) is 0 Å². The lowest BCUT2D eigenvalue weighted by atomic mass is 10.1. The summed E-state index contributed by atoms with van der Waals surface area (Å²) in [5, 5.41) is 8.83. The van der Waals surface area contributed by atoms with Crippen molar-refractivity contribution < 1.29 is 36.2 Å². The van der Waals surface area contributed by atoms with Crippen molar-refractivity contribution in [1.29, 1.82) is 5.26 Å². The molecule has 1 aromatic carbocycles. The van der Waals surface area contributed by atoms with Gasteiger partial charge in [0.2, 0.25) is 0 Å². The molecule has 0 unspecified atom stereocenters. The maximum Gasteiger partial charge on any atom is 0.446 e. The Hall–Kier alpha value is -2.02. The zero-order chi connectivity index (χ0) is 16.9. The summed E-state index contributed by atoms with van der Waals surface area (Å²) in [7, 11) is 0. The molecule has 0 N–H and O–H groups in total. The standard InChI is InChI=1S/C12H8F5NO3S/c1-2-20-10(19)7-3-6(5-18)8(21-11(13)14)4-9(7)22-12(15,16)17/h3-4,11H,2H2,1H3. The number of esters is 1. The fourth-order valence-electron chi connectivity index (χ4n) is 1.42. The molecule has 0 spiro atoms. The van der Waals surface area contributed by atoms with Crippen LogP contribution in [0, 0.1) is 11.3 Å². The fraction of sp³-hybridized carbons (Fsp3) is 0.333. The van der Waals surface area contributed by atoms with Crippen LogP contribution in [0.15, 0.2) is 17.0 Å². The number of alkyl halides is 5. The highest BCUT2D eigenvalue weighted by atomic mass is 32.2. The van der Waals surface area contributed by atoms with E-state index in [0.717, 1.165) is 6.07 Å². The molecular weight excluding hydrogens is 333 g/mol. The van der Waals surface area contributed by atoms with E-state index in [2.05, 4.69) is 9.47 Å². The van der Waals surface area contributed by atoms with Crippen molar-refractivity contribution in [3.63, 3.8) is 0 Å². The van der Waals surface area contributed by atoms with Crippen LogP contribution >= 0.6 is 11.8 Å². The Bertz CT molecular complexity index is 598. The van der Waals surface area contributed by atoms with Crippen LogP contribution in [-0.2, 0) is 4.74 Å². The van der Waals surface area contributed by atoms with Gasteiger partial charge in [0.1, 0.15) is 11.8 Å². The molecule has 4 nitrogen and oxygen atoms in total. The SMILES string of the molecule is CCOC(=O)c1cc(C#N)c(OC(F)F)cc1SC(F)(F)F. The first-order chi connectivity index (χ1) is 10.2. The van der Waals surface area contributed by atoms with Crippen LogP contribution < -0.4 is 4.74 Å². The number of nitriles is 1. The topological polar surface area (TPSA) is 59.3 Å². The summed E-state index contributed by atoms with van der Waals surface area (Å²) in [6.07, 6.45) is 0. The molecule has 0 bridgehead atoms. The highest BCUT2D eigenvalue weighted by molar-refractivity contribution is 8.00. The van der Waals surface area contributed by atoms with E-state index in [1.54, 1.807) is 0 Å². The molecule has 0 aromatic heterocycles. The van der Waals surface area contributed by atoms with Crippen LogP contribution in [0.5, 0.6) is 5.75 Å². The fourth-order valence-corrected chi connectivity index (χ4v) is 2.09. The largest absolute Gasteiger partial charge is 0.462 e. The van der Waals surface area contributed by atoms with Gasteiger partial charge in [-0.3, -0.25) is 0 Å². The van der Waals surface area contributed by atoms with E-state index in [9.17, 15) is 26.7 Å². The minimum Gasteiger partial charge on any atom is -0.462 e. The molecule has 0 atom stereocenters. The van der Waals surface area contributed by atoms with Crippen molar-refractivity contribution in [3.8, 4) is 11.8 Å². The van der Waals surface area contributed by atoms with E-state index in [0.29, 0.717) is 6.07 Å². The van der Waals surface area contributed by atoms with Crippen molar-refractivity contribution in [2.24, 2.45) is 0 Å². The van der Waals surface area contributed by atoms with E-state index in [-0.39, 0.29) is 6.61 Å². The number of nitrogens with zero attached hydrogens (tertiary/aromatic N) is 1. The zero-order valence-corrected chi connectivity index (χ0v) is 11.7. The molecule has 0 radical (unpaired) electrons. The molecular formula is C12H8F5NO3S. The first-order valence-electron chi connectivity index (χ1n) is 5.63. The number of ether oxygens (including phenoxy) is 2. The van der Waals surface area contributed by atoms with Crippen LogP contribution in [0.2, 0.25) is 0 Å². The molecule has 0 heterocycles. The monoisotopic (exact) mass is 341 g/mol. The third-order valence-electron chi connectivity index (χ3n) is 2.14. The molecule has 10 heteroatoms. The van der Waals surface area contributed by atoms with Gasteiger partial charge < -0.3 is 9.47 Å². The summed E-state index contributed by atoms with van der Waals surface area (Å²) >= 11 is -0.693. The molecule has 0 saturated carbocycles. The van der Waals surface area contributed by atoms with Crippen LogP contribution in [0.4, 0.5) is 22.0 Å². The highest BCUT2D eigenvalue weighted by Crippen LogP contribution is 2.41. The molecule has 0 saturated heterocycles. The average Bonchev–Trinajstić information content (AvgIpc) is 2.36. The third kappa shape index (κ3) is 5.07. The van der Waals surface area contributed by atoms with Crippen molar-refractivity contribution in [2.75, 3.05) is 6.61 Å². The summed E-state index contributed by atoms with van der Waals surface area (Å²) in [6, 6.07) is 2.76. The van der Waals surface area contributed by atoms with Crippen molar-refractivity contribution in [2.45, 2.75) is 23.9 Å². The second-order valence-corrected chi connectivity index (χ2v) is 4.71. The zero-order valence-electron chi connectivity index (χ0n) is 10.9. The molecule has 1 aromatic rings. The van der Waals surface area contributed by atoms with E-state index in [1.807, 2.05) is 0 Å². The van der Waals surface area contributed by atoms with Gasteiger partial charge in [-0.1, -0.05) is 0 Å². The smallest absolute Gasteiger partial charge is 0.446 e. The van der Waals surface area contributed by atoms with Gasteiger partial charge in [0.05, 0.1) is 17.7 Å². The molecule has 0 fully saturated rings. The van der Waals surface area contributed by atoms with Crippen LogP contribution in [0.25, 0.3) is 0 Å². The van der Waals surface area contributed by atoms with Crippen LogP contribution in [-0.4, -0.2) is 24.7 Å². The summed E-state index contributed by atoms with van der Waals surface area (Å²) in [4.78, 5) is 11.0. The third-order valence-corrected chi connectivity index (χ3v) is 2.93. The first kappa shape index (κ1) is 18.0. The first-order valence-corrected chi connectivity index (χ1v) is 6.45. The Morgan fingerprint density at radius 1 is 1.41 bits per heavy atom. The van der Waals surface area contributed by atoms with Gasteiger partial charge in [-0.05, 0) is 30.8 Å². The second kappa shape index (κ2) is 7.31. The lowest BCUT2D eigenvalue weighted by Gasteiger charge is -2.14. The summed E-state index contributed by atoms with van der Waals surface area (Å²) < 4.78 is 70.6. The molecule has 0 aliphatic heterocycles. The van der Waals surface area contributed by atoms with Gasteiger partial charge in [-0.25, -0.2) is 4.79 Å². The maximum atomic E-state index is 12.5. The second-order valence-electron chi connectivity index (χ2n) is 3.60. The lowest BCUT2D eigenvalue weighted by molar-refractivity contribution is -0.0501. The Morgan fingerprint density at radius 3 is 2.50 bits per heavy atom. The highest BCUT2D eigenvalue weighted by Gasteiger charge is 2.33. The molecule has 1 rings (SSSR count). The Labute approximate surface area is 125 Å². The molecule has 22 heavy (non-hydrogen) atoms. The predicted molar refractivity (Wildman–Crippen MR) is 65.7 cm³/mol. The summed E-state index contributed by atoms with van der Waals surface area (Å²) in [5.74, 6) is -1.85. The van der Waals surface area contributed by atoms with Crippen LogP contribution in [0.3, 0.4) is 0 Å². The minimum absolute atomic E-state index is 0.105. The minimum atomic E-state index is -4.77. The number of halogens is 5. The average molecular weight is 341 g/mol. The summed E-state index contributed by atoms with van der Waals surface area (Å²) in [6.45, 7) is -2.00. The van der Waals surface area contributed by atoms with Gasteiger partial charge in [-0.2, -0.15) is 27.2 Å². The van der Waals surface area contributed by atoms with Crippen molar-refractivity contribution in [3.05, 3.63) is 23.3 Å². The van der Waals surface area contributed by atoms with E-state index in [4.69, 9.17) is 5.26 Å². The van der Waals surface area contributed by atoms with Crippen molar-refractivity contribution >= 4 is 17.7 Å². The maximum absolute atomic E-state index is 12.5. The van der Waals surface area contributed by atoms with Gasteiger partial charge >= 0.3 is 18.1 Å². The molecule has 120 valence electrons. The van der Waals surface area contributed by atoms with E-state index < -0.39 is 51.6 Å². The van der Waals surface area contributed by atoms with Crippen molar-refractivity contribution in [1.82, 2.24) is 0 Å². The number of rotatable bonds is 5. The molecule has 0 aliphatic rings. The number of hydrogen-bond acceptors (Lipinski definition) is 5. The number of carbonyl (C=O) groups is 1. The number of thioether (sulfide) groups is 1. The summed E-state index contributed by atoms with van der Waals surface area (Å²) in [5.41, 5.74) is -5.82. The van der Waals surface area contributed by atoms with Gasteiger partial charge in [0, 0.05) is 4.90 Å². The van der Waals surface area contributed by atoms with E-state index in [1.165, 1.54) is 13.0 Å². The van der Waals surface area contributed by atoms with Gasteiger partial charge in [-0.15, -0.1) is 0 Å². The van der Waals surface area contributed by atoms with Crippen LogP contribution in [0.1, 0.15) is 22.8 Å². The normalized spacial score (nSPS) is 11.2. The lowest BCUT2D eigenvalue weighted by Crippen LogP contribution is -2.11. The quantitative estimate of drug-likeness (QED) is 0.461. The number of hydrogen-bond donors (Lipinski definition) is 0. The number of carbonyl (C=O) groups excluding carboxylic acids is 1. The predicted octanol–water partition coefficient (Wildman–Crippen LogP) is 3.95. The van der Waals surface area contributed by atoms with E-state index >= 15 is 0 Å². The Kier molecular flexibility index (Phi) is 5.99. The molecule has 0 amide bonds. The number of benzene rings is 1.